The van der Waals surface area contributed by atoms with Crippen LogP contribution in [0.4, 0.5) is 0 Å². The summed E-state index contributed by atoms with van der Waals surface area (Å²) in [5.74, 6) is 0.661. The van der Waals surface area contributed by atoms with Crippen molar-refractivity contribution in [3.05, 3.63) is 11.8 Å². The fraction of sp³-hybridized carbons (Fsp3) is 0.885. The average Bonchev–Trinajstić information content (AvgIpc) is 2.87. The Morgan fingerprint density at radius 2 is 1.87 bits per heavy atom. The van der Waals surface area contributed by atoms with Gasteiger partial charge in [-0.2, -0.15) is 0 Å². The molecule has 1 unspecified atom stereocenters. The van der Waals surface area contributed by atoms with E-state index in [0.29, 0.717) is 24.5 Å². The number of carbonyl (C=O) groups is 1. The summed E-state index contributed by atoms with van der Waals surface area (Å²) in [6.45, 7) is 2.44. The van der Waals surface area contributed by atoms with Gasteiger partial charge in [0, 0.05) is 18.5 Å². The zero-order valence-corrected chi connectivity index (χ0v) is 22.9. The van der Waals surface area contributed by atoms with Crippen LogP contribution in [0.25, 0.3) is 0 Å². The summed E-state index contributed by atoms with van der Waals surface area (Å²) in [5.41, 5.74) is 16.9. The lowest BCUT2D eigenvalue weighted by atomic mass is 9.78. The van der Waals surface area contributed by atoms with E-state index in [2.05, 4.69) is 10.6 Å². The number of aldehydes is 1. The highest BCUT2D eigenvalue weighted by Gasteiger charge is 2.51. The third kappa shape index (κ3) is 6.99. The van der Waals surface area contributed by atoms with Gasteiger partial charge in [-0.3, -0.25) is 0 Å². The molecule has 0 radical (unpaired) electrons. The third-order valence-corrected chi connectivity index (χ3v) is 8.59. The Labute approximate surface area is 229 Å². The first-order valence-electron chi connectivity index (χ1n) is 14.0. The molecule has 13 heteroatoms. The molecule has 0 spiro atoms. The predicted molar refractivity (Wildman–Crippen MR) is 141 cm³/mol. The van der Waals surface area contributed by atoms with Gasteiger partial charge in [0.1, 0.15) is 36.0 Å². The van der Waals surface area contributed by atoms with Crippen LogP contribution in [0.2, 0.25) is 0 Å². The number of nitrogens with two attached hydrogens (primary N) is 3. The van der Waals surface area contributed by atoms with E-state index in [4.69, 9.17) is 36.1 Å². The molecule has 0 aromatic rings. The molecule has 11 atom stereocenters. The summed E-state index contributed by atoms with van der Waals surface area (Å²) in [6.07, 6.45) is -0.470. The molecule has 2 saturated carbocycles. The van der Waals surface area contributed by atoms with Gasteiger partial charge in [0.25, 0.3) is 0 Å². The number of aliphatic hydroxyl groups is 3. The van der Waals surface area contributed by atoms with Crippen LogP contribution < -0.4 is 27.8 Å². The fourth-order valence-electron chi connectivity index (χ4n) is 6.29. The Morgan fingerprint density at radius 1 is 1.15 bits per heavy atom. The van der Waals surface area contributed by atoms with E-state index in [1.165, 1.54) is 0 Å². The van der Waals surface area contributed by atoms with E-state index >= 15 is 0 Å². The number of rotatable bonds is 11. The first-order chi connectivity index (χ1) is 18.6. The van der Waals surface area contributed by atoms with Crippen LogP contribution in [0.15, 0.2) is 11.8 Å². The van der Waals surface area contributed by atoms with Gasteiger partial charge in [0.05, 0.1) is 31.3 Å². The van der Waals surface area contributed by atoms with Crippen molar-refractivity contribution >= 4 is 6.29 Å². The Kier molecular flexibility index (Phi) is 10.4. The van der Waals surface area contributed by atoms with Crippen LogP contribution in [0.3, 0.4) is 0 Å². The molecular formula is C26H47N5O8. The van der Waals surface area contributed by atoms with E-state index < -0.39 is 60.6 Å². The second-order valence-electron chi connectivity index (χ2n) is 11.8. The van der Waals surface area contributed by atoms with Crippen LogP contribution >= 0.6 is 0 Å². The van der Waals surface area contributed by atoms with Crippen molar-refractivity contribution in [3.8, 4) is 0 Å². The lowest BCUT2D eigenvalue weighted by molar-refractivity contribution is -0.308. The summed E-state index contributed by atoms with van der Waals surface area (Å²) < 4.78 is 24.2. The van der Waals surface area contributed by atoms with E-state index in [1.807, 2.05) is 6.08 Å². The first-order valence-corrected chi connectivity index (χ1v) is 14.0. The first kappa shape index (κ1) is 30.7. The summed E-state index contributed by atoms with van der Waals surface area (Å²) in [6, 6.07) is -1.27. The molecule has 4 rings (SSSR count). The molecule has 2 aliphatic heterocycles. The maximum atomic E-state index is 11.5. The SMILES string of the molecule is CN[C@@H]1[C@@H](O)[C@@H](O[C@H]2[C@H](CC=O)C[C@H](N)C(O[C@H]3OC(CN)=CC[C@H]3NCC3CC(N)C3)[C@@H]2O)OC[C@]1(C)O. The summed E-state index contributed by atoms with van der Waals surface area (Å²) in [7, 11) is 1.62. The maximum Gasteiger partial charge on any atom is 0.215 e. The zero-order valence-electron chi connectivity index (χ0n) is 22.9. The van der Waals surface area contributed by atoms with Crippen molar-refractivity contribution in [2.45, 2.75) is 106 Å². The highest BCUT2D eigenvalue weighted by atomic mass is 16.7. The summed E-state index contributed by atoms with van der Waals surface area (Å²) in [5, 5.41) is 39.4. The van der Waals surface area contributed by atoms with E-state index in [-0.39, 0.29) is 31.7 Å². The third-order valence-electron chi connectivity index (χ3n) is 8.59. The van der Waals surface area contributed by atoms with Gasteiger partial charge in [-0.25, -0.2) is 0 Å². The van der Waals surface area contributed by atoms with Gasteiger partial charge in [0.2, 0.25) is 6.29 Å². The standard InChI is InChI=1S/C26H47N5O8/c1-26(35)12-36-25(20(34)23(26)30-2)38-21-14(5-6-32)9-17(29)22(19(21)33)39-24-18(4-3-16(10-27)37-24)31-11-13-7-15(28)8-13/h3,6,13-15,17-25,30-31,33-35H,4-5,7-12,27-29H2,1-2H3/t13?,14-,15?,17+,18-,19-,20-,21+,22?,23-,24-,25-,26+/m1/s1. The fourth-order valence-corrected chi connectivity index (χ4v) is 6.29. The highest BCUT2D eigenvalue weighted by Crippen LogP contribution is 2.36. The normalized spacial score (nSPS) is 46.6. The monoisotopic (exact) mass is 557 g/mol. The number of nitrogens with one attached hydrogen (secondary N) is 2. The van der Waals surface area contributed by atoms with Gasteiger partial charge in [0.15, 0.2) is 6.29 Å². The Morgan fingerprint density at radius 3 is 2.51 bits per heavy atom. The highest BCUT2D eigenvalue weighted by molar-refractivity contribution is 5.50. The summed E-state index contributed by atoms with van der Waals surface area (Å²) >= 11 is 0. The molecule has 2 aliphatic carbocycles. The van der Waals surface area contributed by atoms with Crippen molar-refractivity contribution < 1.29 is 39.1 Å². The van der Waals surface area contributed by atoms with Crippen molar-refractivity contribution in [3.63, 3.8) is 0 Å². The zero-order chi connectivity index (χ0) is 28.3. The van der Waals surface area contributed by atoms with Crippen LogP contribution in [0.1, 0.15) is 39.0 Å². The molecule has 13 nitrogen and oxygen atoms in total. The Hall–Kier alpha value is -1.23. The minimum Gasteiger partial charge on any atom is -0.467 e. The molecule has 39 heavy (non-hydrogen) atoms. The topological polar surface area (TPSA) is 217 Å². The maximum absolute atomic E-state index is 11.5. The number of carbonyl (C=O) groups excluding carboxylic acids is 1. The molecule has 224 valence electrons. The van der Waals surface area contributed by atoms with Gasteiger partial charge in [-0.05, 0) is 64.1 Å². The molecule has 0 amide bonds. The largest absolute Gasteiger partial charge is 0.467 e. The number of ether oxygens (including phenoxy) is 4. The molecule has 3 fully saturated rings. The summed E-state index contributed by atoms with van der Waals surface area (Å²) in [4.78, 5) is 11.5. The minimum atomic E-state index is -1.32. The second kappa shape index (κ2) is 13.2. The van der Waals surface area contributed by atoms with Gasteiger partial charge in [-0.15, -0.1) is 0 Å². The van der Waals surface area contributed by atoms with E-state index in [1.54, 1.807) is 14.0 Å². The second-order valence-corrected chi connectivity index (χ2v) is 11.8. The number of hydrogen-bond donors (Lipinski definition) is 8. The Balaban J connectivity index is 1.47. The molecule has 0 aromatic carbocycles. The van der Waals surface area contributed by atoms with Crippen molar-refractivity contribution in [2.75, 3.05) is 26.7 Å². The van der Waals surface area contributed by atoms with E-state index in [9.17, 15) is 20.1 Å². The molecule has 4 aliphatic rings. The van der Waals surface area contributed by atoms with Crippen molar-refractivity contribution in [2.24, 2.45) is 29.0 Å². The van der Waals surface area contributed by atoms with Gasteiger partial charge in [-0.1, -0.05) is 0 Å². The van der Waals surface area contributed by atoms with Crippen LogP contribution in [0.5, 0.6) is 0 Å². The number of aliphatic hydroxyl groups excluding tert-OH is 2. The molecule has 2 heterocycles. The molecule has 0 bridgehead atoms. The molecular weight excluding hydrogens is 510 g/mol. The molecule has 0 aromatic heterocycles. The van der Waals surface area contributed by atoms with Crippen molar-refractivity contribution in [1.82, 2.24) is 10.6 Å². The number of hydrogen-bond acceptors (Lipinski definition) is 13. The molecule has 11 N–H and O–H groups in total. The average molecular weight is 558 g/mol. The minimum absolute atomic E-state index is 0.0931. The molecule has 1 saturated heterocycles. The Bertz CT molecular complexity index is 843. The van der Waals surface area contributed by atoms with Crippen LogP contribution in [-0.2, 0) is 23.7 Å². The lowest BCUT2D eigenvalue weighted by Gasteiger charge is -2.48. The smallest absolute Gasteiger partial charge is 0.215 e. The lowest BCUT2D eigenvalue weighted by Crippen LogP contribution is -2.67. The van der Waals surface area contributed by atoms with Crippen molar-refractivity contribution in [1.29, 1.82) is 0 Å². The predicted octanol–water partition coefficient (Wildman–Crippen LogP) is -2.61. The quantitative estimate of drug-likeness (QED) is 0.122. The van der Waals surface area contributed by atoms with Crippen LogP contribution in [-0.4, -0.2) is 115 Å². The number of likely N-dealkylation sites (N-methyl/N-ethyl adjacent to an activating group) is 1. The van der Waals surface area contributed by atoms with Gasteiger partial charge < -0.3 is 66.9 Å². The van der Waals surface area contributed by atoms with Gasteiger partial charge >= 0.3 is 0 Å². The van der Waals surface area contributed by atoms with Crippen LogP contribution in [0, 0.1) is 11.8 Å². The van der Waals surface area contributed by atoms with E-state index in [0.717, 1.165) is 25.7 Å².